The fraction of sp³-hybridized carbons (Fsp3) is 0.353. The second-order valence-corrected chi connectivity index (χ2v) is 12.6. The molecule has 1 aliphatic heterocycles. The highest BCUT2D eigenvalue weighted by Crippen LogP contribution is 2.33. The summed E-state index contributed by atoms with van der Waals surface area (Å²) in [5.41, 5.74) is 6.82. The molecule has 1 saturated heterocycles. The van der Waals surface area contributed by atoms with Crippen molar-refractivity contribution in [2.24, 2.45) is 7.05 Å². The van der Waals surface area contributed by atoms with E-state index in [4.69, 9.17) is 4.74 Å². The molecule has 0 radical (unpaired) electrons. The fourth-order valence-electron chi connectivity index (χ4n) is 5.83. The summed E-state index contributed by atoms with van der Waals surface area (Å²) in [5, 5.41) is 3.67. The van der Waals surface area contributed by atoms with E-state index in [1.165, 1.54) is 17.5 Å². The van der Waals surface area contributed by atoms with Gasteiger partial charge in [0.15, 0.2) is 5.82 Å². The lowest BCUT2D eigenvalue weighted by Crippen LogP contribution is -2.55. The monoisotopic (exact) mass is 595 g/mol. The van der Waals surface area contributed by atoms with Gasteiger partial charge in [-0.3, -0.25) is 0 Å². The number of hydrogen-bond acceptors (Lipinski definition) is 7. The predicted molar refractivity (Wildman–Crippen MR) is 172 cm³/mol. The number of benzene rings is 3. The number of anilines is 3. The number of imidazole rings is 1. The Morgan fingerprint density at radius 2 is 1.86 bits per heavy atom. The Morgan fingerprint density at radius 1 is 1.05 bits per heavy atom. The lowest BCUT2D eigenvalue weighted by atomic mass is 9.99. The zero-order valence-electron chi connectivity index (χ0n) is 26.1. The Morgan fingerprint density at radius 3 is 2.61 bits per heavy atom. The smallest absolute Gasteiger partial charge is 0.410 e. The minimum Gasteiger partial charge on any atom is -0.444 e. The van der Waals surface area contributed by atoms with Crippen molar-refractivity contribution in [1.82, 2.24) is 24.4 Å². The van der Waals surface area contributed by atoms with Gasteiger partial charge in [0.1, 0.15) is 17.7 Å². The molecule has 3 heterocycles. The Kier molecular flexibility index (Phi) is 7.61. The topological polar surface area (TPSA) is 88.4 Å². The van der Waals surface area contributed by atoms with Gasteiger partial charge in [0.05, 0.1) is 34.0 Å². The van der Waals surface area contributed by atoms with Crippen molar-refractivity contribution in [2.75, 3.05) is 29.9 Å². The summed E-state index contributed by atoms with van der Waals surface area (Å²) in [4.78, 5) is 29.6. The van der Waals surface area contributed by atoms with Crippen LogP contribution in [-0.2, 0) is 18.2 Å². The number of rotatable bonds is 5. The lowest BCUT2D eigenvalue weighted by molar-refractivity contribution is 0.0159. The number of piperazine rings is 1. The number of fused-ring (bicyclic) bond motifs is 2. The van der Waals surface area contributed by atoms with Gasteiger partial charge in [-0.15, -0.1) is 0 Å². The van der Waals surface area contributed by atoms with Gasteiger partial charge in [0, 0.05) is 38.4 Å². The normalized spacial score (nSPS) is 15.7. The molecule has 0 saturated carbocycles. The number of hydrogen-bond donors (Lipinski definition) is 1. The summed E-state index contributed by atoms with van der Waals surface area (Å²) < 4.78 is 23.8. The molecule has 5 aromatic rings. The van der Waals surface area contributed by atoms with E-state index in [1.54, 1.807) is 11.0 Å². The van der Waals surface area contributed by atoms with E-state index < -0.39 is 5.60 Å². The van der Waals surface area contributed by atoms with Crippen molar-refractivity contribution in [3.05, 3.63) is 83.7 Å². The molecule has 0 unspecified atom stereocenters. The van der Waals surface area contributed by atoms with Crippen LogP contribution in [0.2, 0.25) is 0 Å². The summed E-state index contributed by atoms with van der Waals surface area (Å²) in [7, 11) is 1.99. The van der Waals surface area contributed by atoms with E-state index in [0.717, 1.165) is 28.7 Å². The van der Waals surface area contributed by atoms with Crippen LogP contribution in [-0.4, -0.2) is 61.8 Å². The van der Waals surface area contributed by atoms with Crippen molar-refractivity contribution in [3.63, 3.8) is 0 Å². The first-order chi connectivity index (χ1) is 21.0. The fourth-order valence-corrected chi connectivity index (χ4v) is 5.83. The Bertz CT molecular complexity index is 1860. The second kappa shape index (κ2) is 11.4. The van der Waals surface area contributed by atoms with E-state index in [9.17, 15) is 4.79 Å². The van der Waals surface area contributed by atoms with Crippen LogP contribution in [0.1, 0.15) is 44.4 Å². The average molecular weight is 596 g/mol. The van der Waals surface area contributed by atoms with Gasteiger partial charge in [-0.25, -0.2) is 24.1 Å². The number of amides is 1. The van der Waals surface area contributed by atoms with Crippen LogP contribution < -0.4 is 10.2 Å². The first-order valence-corrected chi connectivity index (χ1v) is 14.9. The summed E-state index contributed by atoms with van der Waals surface area (Å²) in [6.45, 7) is 11.0. The molecule has 0 bridgehead atoms. The number of carbonyl (C=O) groups excluding carboxylic acids is 1. The van der Waals surface area contributed by atoms with Crippen LogP contribution >= 0.6 is 0 Å². The van der Waals surface area contributed by atoms with Gasteiger partial charge in [-0.2, -0.15) is 0 Å². The number of nitrogens with zero attached hydrogens (tertiary/aromatic N) is 6. The van der Waals surface area contributed by atoms with Crippen LogP contribution in [0.3, 0.4) is 0 Å². The first kappa shape index (κ1) is 29.3. The largest absolute Gasteiger partial charge is 0.444 e. The van der Waals surface area contributed by atoms with E-state index in [0.29, 0.717) is 42.0 Å². The van der Waals surface area contributed by atoms with Crippen molar-refractivity contribution >= 4 is 45.2 Å². The molecule has 228 valence electrons. The summed E-state index contributed by atoms with van der Waals surface area (Å²) in [6, 6.07) is 15.9. The van der Waals surface area contributed by atoms with Gasteiger partial charge in [-0.05, 0) is 94.1 Å². The van der Waals surface area contributed by atoms with Crippen molar-refractivity contribution < 1.29 is 13.9 Å². The van der Waals surface area contributed by atoms with E-state index in [2.05, 4.69) is 57.5 Å². The number of aryl methyl sites for hydroxylation is 2. The maximum atomic E-state index is 16.2. The van der Waals surface area contributed by atoms with Gasteiger partial charge >= 0.3 is 6.09 Å². The molecular formula is C34H38FN7O2. The zero-order valence-corrected chi connectivity index (χ0v) is 26.1. The number of nitrogens with one attached hydrogen (secondary N) is 1. The maximum Gasteiger partial charge on any atom is 0.410 e. The Labute approximate surface area is 256 Å². The molecule has 3 aromatic carbocycles. The van der Waals surface area contributed by atoms with Gasteiger partial charge < -0.3 is 24.4 Å². The van der Waals surface area contributed by atoms with Crippen LogP contribution in [0, 0.1) is 12.7 Å². The SMILES string of the molecule is Cc1cc(Nc2ncnc3ccc(N4CCN(C(=O)OC(C)(C)C)[C@H](C)C4)c(F)c23)ccc1Cc1ccc2c(c1)ncn2C. The average Bonchev–Trinajstić information content (AvgIpc) is 3.33. The van der Waals surface area contributed by atoms with Crippen LogP contribution in [0.5, 0.6) is 0 Å². The van der Waals surface area contributed by atoms with Crippen LogP contribution in [0.15, 0.2) is 61.2 Å². The minimum atomic E-state index is -0.574. The molecule has 10 heteroatoms. The quantitative estimate of drug-likeness (QED) is 0.241. The standard InChI is InChI=1S/C34H38FN7O2/c1-21-15-25(9-8-24(21)16-23-7-11-28-27(17-23)38-20-40(28)6)39-32-30-26(36-19-37-32)10-12-29(31(30)35)41-13-14-42(22(2)18-41)33(43)44-34(3,4)5/h7-12,15,17,19-20,22H,13-14,16,18H2,1-6H3,(H,36,37,39)/t22-/m1/s1. The zero-order chi connectivity index (χ0) is 31.2. The Hall–Kier alpha value is -4.73. The van der Waals surface area contributed by atoms with Crippen molar-refractivity contribution in [1.29, 1.82) is 0 Å². The van der Waals surface area contributed by atoms with Gasteiger partial charge in [0.25, 0.3) is 0 Å². The molecule has 9 nitrogen and oxygen atoms in total. The predicted octanol–water partition coefficient (Wildman–Crippen LogP) is 6.74. The molecular weight excluding hydrogens is 557 g/mol. The van der Waals surface area contributed by atoms with Crippen LogP contribution in [0.4, 0.5) is 26.4 Å². The van der Waals surface area contributed by atoms with E-state index >= 15 is 4.39 Å². The lowest BCUT2D eigenvalue weighted by Gasteiger charge is -2.41. The molecule has 0 aliphatic carbocycles. The number of ether oxygens (including phenoxy) is 1. The molecule has 44 heavy (non-hydrogen) atoms. The number of carbonyl (C=O) groups is 1. The third-order valence-corrected chi connectivity index (χ3v) is 8.11. The molecule has 1 atom stereocenters. The first-order valence-electron chi connectivity index (χ1n) is 14.9. The maximum absolute atomic E-state index is 16.2. The van der Waals surface area contributed by atoms with Crippen molar-refractivity contribution in [2.45, 2.75) is 52.7 Å². The Balaban J connectivity index is 1.21. The third kappa shape index (κ3) is 5.89. The molecule has 0 spiro atoms. The minimum absolute atomic E-state index is 0.148. The highest BCUT2D eigenvalue weighted by atomic mass is 19.1. The molecule has 1 fully saturated rings. The summed E-state index contributed by atoms with van der Waals surface area (Å²) >= 11 is 0. The second-order valence-electron chi connectivity index (χ2n) is 12.6. The molecule has 1 aliphatic rings. The van der Waals surface area contributed by atoms with Gasteiger partial charge in [0.2, 0.25) is 0 Å². The third-order valence-electron chi connectivity index (χ3n) is 8.11. The molecule has 1 amide bonds. The highest BCUT2D eigenvalue weighted by molar-refractivity contribution is 5.94. The summed E-state index contributed by atoms with van der Waals surface area (Å²) in [6.07, 6.45) is 3.71. The van der Waals surface area contributed by atoms with Gasteiger partial charge in [-0.1, -0.05) is 12.1 Å². The molecule has 2 aromatic heterocycles. The number of aromatic nitrogens is 4. The summed E-state index contributed by atoms with van der Waals surface area (Å²) in [5.74, 6) is 0.0179. The molecule has 1 N–H and O–H groups in total. The van der Waals surface area contributed by atoms with E-state index in [-0.39, 0.29) is 18.0 Å². The van der Waals surface area contributed by atoms with Crippen molar-refractivity contribution in [3.8, 4) is 0 Å². The highest BCUT2D eigenvalue weighted by Gasteiger charge is 2.32. The molecule has 6 rings (SSSR count). The van der Waals surface area contributed by atoms with E-state index in [1.807, 2.05) is 62.7 Å². The van der Waals surface area contributed by atoms with Crippen LogP contribution in [0.25, 0.3) is 21.9 Å². The number of halogens is 1.